The van der Waals surface area contributed by atoms with Crippen LogP contribution in [-0.4, -0.2) is 25.8 Å². The maximum Gasteiger partial charge on any atom is 0.411 e. The molecule has 23 heavy (non-hydrogen) atoms. The topological polar surface area (TPSA) is 76.4 Å². The lowest BCUT2D eigenvalue weighted by atomic mass is 9.99. The Bertz CT molecular complexity index is 652. The van der Waals surface area contributed by atoms with Gasteiger partial charge in [0.2, 0.25) is 0 Å². The van der Waals surface area contributed by atoms with E-state index in [1.54, 1.807) is 17.4 Å². The first-order valence-corrected chi connectivity index (χ1v) is 8.68. The third kappa shape index (κ3) is 4.24. The van der Waals surface area contributed by atoms with Gasteiger partial charge in [-0.2, -0.15) is 0 Å². The van der Waals surface area contributed by atoms with Gasteiger partial charge in [0, 0.05) is 4.88 Å². The van der Waals surface area contributed by atoms with E-state index < -0.39 is 6.09 Å². The lowest BCUT2D eigenvalue weighted by molar-refractivity contribution is 0.131. The molecule has 1 aliphatic heterocycles. The van der Waals surface area contributed by atoms with Crippen LogP contribution in [0.2, 0.25) is 0 Å². The standard InChI is InChI=1S/C17H21N3O2S/c18-14-4-3-13(16-2-1-9-23-16)10-15(14)20-17(21)22-11-12-5-7-19-8-6-12/h1-4,9-10,12,19H,5-8,11,18H2,(H,20,21). The quantitative estimate of drug-likeness (QED) is 0.749. The molecule has 0 saturated carbocycles. The fourth-order valence-corrected chi connectivity index (χ4v) is 3.37. The molecule has 2 heterocycles. The van der Waals surface area contributed by atoms with Gasteiger partial charge in [-0.15, -0.1) is 11.3 Å². The average molecular weight is 331 g/mol. The summed E-state index contributed by atoms with van der Waals surface area (Å²) >= 11 is 1.65. The number of benzene rings is 1. The number of rotatable bonds is 4. The molecule has 6 heteroatoms. The van der Waals surface area contributed by atoms with Crippen LogP contribution in [0.3, 0.4) is 0 Å². The summed E-state index contributed by atoms with van der Waals surface area (Å²) in [4.78, 5) is 13.1. The molecule has 1 amide bonds. The number of nitrogens with two attached hydrogens (primary N) is 1. The van der Waals surface area contributed by atoms with E-state index >= 15 is 0 Å². The van der Waals surface area contributed by atoms with Crippen LogP contribution in [-0.2, 0) is 4.74 Å². The van der Waals surface area contributed by atoms with Crippen molar-refractivity contribution in [3.63, 3.8) is 0 Å². The minimum atomic E-state index is -0.446. The van der Waals surface area contributed by atoms with Crippen LogP contribution in [0, 0.1) is 5.92 Å². The van der Waals surface area contributed by atoms with Gasteiger partial charge in [-0.25, -0.2) is 4.79 Å². The second kappa shape index (κ2) is 7.48. The van der Waals surface area contributed by atoms with Crippen molar-refractivity contribution >= 4 is 28.8 Å². The molecule has 1 aromatic heterocycles. The van der Waals surface area contributed by atoms with Crippen LogP contribution >= 0.6 is 11.3 Å². The molecule has 1 aliphatic rings. The molecule has 0 atom stereocenters. The van der Waals surface area contributed by atoms with E-state index in [-0.39, 0.29) is 0 Å². The lowest BCUT2D eigenvalue weighted by Crippen LogP contribution is -2.31. The number of amides is 1. The normalized spacial score (nSPS) is 15.3. The van der Waals surface area contributed by atoms with Crippen LogP contribution in [0.4, 0.5) is 16.2 Å². The van der Waals surface area contributed by atoms with Gasteiger partial charge in [0.05, 0.1) is 18.0 Å². The Kier molecular flexibility index (Phi) is 5.15. The summed E-state index contributed by atoms with van der Waals surface area (Å²) in [5, 5.41) is 8.07. The molecule has 122 valence electrons. The summed E-state index contributed by atoms with van der Waals surface area (Å²) in [6.07, 6.45) is 1.64. The largest absolute Gasteiger partial charge is 0.449 e. The third-order valence-corrected chi connectivity index (χ3v) is 4.92. The number of piperidine rings is 1. The van der Waals surface area contributed by atoms with Crippen LogP contribution in [0.1, 0.15) is 12.8 Å². The van der Waals surface area contributed by atoms with Crippen LogP contribution in [0.25, 0.3) is 10.4 Å². The van der Waals surface area contributed by atoms with E-state index in [1.165, 1.54) is 0 Å². The van der Waals surface area contributed by atoms with Gasteiger partial charge in [-0.1, -0.05) is 12.1 Å². The van der Waals surface area contributed by atoms with E-state index in [4.69, 9.17) is 10.5 Å². The molecule has 2 aromatic rings. The molecule has 4 N–H and O–H groups in total. The zero-order valence-electron chi connectivity index (χ0n) is 12.9. The number of nitrogen functional groups attached to an aromatic ring is 1. The Morgan fingerprint density at radius 2 is 2.17 bits per heavy atom. The molecule has 0 radical (unpaired) electrons. The second-order valence-electron chi connectivity index (χ2n) is 5.70. The van der Waals surface area contributed by atoms with E-state index in [0.29, 0.717) is 23.9 Å². The molecule has 1 aromatic carbocycles. The Labute approximate surface area is 139 Å². The number of carbonyl (C=O) groups is 1. The summed E-state index contributed by atoms with van der Waals surface area (Å²) in [5.41, 5.74) is 8.11. The smallest absolute Gasteiger partial charge is 0.411 e. The summed E-state index contributed by atoms with van der Waals surface area (Å²) in [7, 11) is 0. The highest BCUT2D eigenvalue weighted by atomic mass is 32.1. The molecule has 0 unspecified atom stereocenters. The van der Waals surface area contributed by atoms with Crippen molar-refractivity contribution in [3.05, 3.63) is 35.7 Å². The zero-order chi connectivity index (χ0) is 16.1. The summed E-state index contributed by atoms with van der Waals surface area (Å²) in [6, 6.07) is 9.67. The summed E-state index contributed by atoms with van der Waals surface area (Å²) < 4.78 is 5.34. The zero-order valence-corrected chi connectivity index (χ0v) is 13.7. The van der Waals surface area contributed by atoms with Gasteiger partial charge in [-0.3, -0.25) is 5.32 Å². The minimum Gasteiger partial charge on any atom is -0.449 e. The maximum absolute atomic E-state index is 12.0. The highest BCUT2D eigenvalue weighted by Gasteiger charge is 2.16. The van der Waals surface area contributed by atoms with Crippen molar-refractivity contribution in [2.75, 3.05) is 30.7 Å². The fraction of sp³-hybridized carbons (Fsp3) is 0.353. The predicted molar refractivity (Wildman–Crippen MR) is 94.7 cm³/mol. The third-order valence-electron chi connectivity index (χ3n) is 4.00. The lowest BCUT2D eigenvalue weighted by Gasteiger charge is -2.22. The van der Waals surface area contributed by atoms with Gasteiger partial charge < -0.3 is 15.8 Å². The summed E-state index contributed by atoms with van der Waals surface area (Å²) in [5.74, 6) is 0.441. The molecule has 1 saturated heterocycles. The first kappa shape index (κ1) is 15.8. The van der Waals surface area contributed by atoms with Gasteiger partial charge in [0.25, 0.3) is 0 Å². The predicted octanol–water partition coefficient (Wildman–Crippen LogP) is 3.55. The van der Waals surface area contributed by atoms with Crippen LogP contribution in [0.15, 0.2) is 35.7 Å². The number of hydrogen-bond donors (Lipinski definition) is 3. The summed E-state index contributed by atoms with van der Waals surface area (Å²) in [6.45, 7) is 2.44. The molecule has 5 nitrogen and oxygen atoms in total. The number of anilines is 2. The Hall–Kier alpha value is -2.05. The number of thiophene rings is 1. The molecular formula is C17H21N3O2S. The second-order valence-corrected chi connectivity index (χ2v) is 6.64. The van der Waals surface area contributed by atoms with Crippen molar-refractivity contribution in [2.24, 2.45) is 5.92 Å². The number of ether oxygens (including phenoxy) is 1. The van der Waals surface area contributed by atoms with Crippen molar-refractivity contribution < 1.29 is 9.53 Å². The molecule has 1 fully saturated rings. The molecule has 0 bridgehead atoms. The van der Waals surface area contributed by atoms with Crippen LogP contribution < -0.4 is 16.4 Å². The number of nitrogens with one attached hydrogen (secondary N) is 2. The van der Waals surface area contributed by atoms with E-state index in [1.807, 2.05) is 29.6 Å². The molecule has 0 aliphatic carbocycles. The van der Waals surface area contributed by atoms with Gasteiger partial charge >= 0.3 is 6.09 Å². The van der Waals surface area contributed by atoms with Gasteiger partial charge in [-0.05, 0) is 61.0 Å². The van der Waals surface area contributed by atoms with E-state index in [2.05, 4.69) is 10.6 Å². The monoisotopic (exact) mass is 331 g/mol. The maximum atomic E-state index is 12.0. The first-order chi connectivity index (χ1) is 11.2. The number of carbonyl (C=O) groups excluding carboxylic acids is 1. The Balaban J connectivity index is 1.60. The van der Waals surface area contributed by atoms with Gasteiger partial charge in [0.15, 0.2) is 0 Å². The van der Waals surface area contributed by atoms with Crippen LogP contribution in [0.5, 0.6) is 0 Å². The highest BCUT2D eigenvalue weighted by Crippen LogP contribution is 2.30. The van der Waals surface area contributed by atoms with Crippen molar-refractivity contribution in [3.8, 4) is 10.4 Å². The minimum absolute atomic E-state index is 0.441. The molecular weight excluding hydrogens is 310 g/mol. The average Bonchev–Trinajstić information content (AvgIpc) is 3.10. The van der Waals surface area contributed by atoms with E-state index in [9.17, 15) is 4.79 Å². The Morgan fingerprint density at radius 1 is 1.35 bits per heavy atom. The van der Waals surface area contributed by atoms with Gasteiger partial charge in [0.1, 0.15) is 0 Å². The van der Waals surface area contributed by atoms with Crippen molar-refractivity contribution in [1.29, 1.82) is 0 Å². The Morgan fingerprint density at radius 3 is 2.91 bits per heavy atom. The molecule has 3 rings (SSSR count). The fourth-order valence-electron chi connectivity index (χ4n) is 2.65. The van der Waals surface area contributed by atoms with Crippen molar-refractivity contribution in [1.82, 2.24) is 5.32 Å². The highest BCUT2D eigenvalue weighted by molar-refractivity contribution is 7.13. The SMILES string of the molecule is Nc1ccc(-c2cccs2)cc1NC(=O)OCC1CCNCC1. The number of hydrogen-bond acceptors (Lipinski definition) is 5. The van der Waals surface area contributed by atoms with Crippen molar-refractivity contribution in [2.45, 2.75) is 12.8 Å². The molecule has 0 spiro atoms. The van der Waals surface area contributed by atoms with E-state index in [0.717, 1.165) is 36.4 Å². The first-order valence-electron chi connectivity index (χ1n) is 7.80.